The summed E-state index contributed by atoms with van der Waals surface area (Å²) < 4.78 is 4.24. The predicted molar refractivity (Wildman–Crippen MR) is 42.4 cm³/mol. The SMILES string of the molecule is COC(=O)P(O)(=S)SC. The van der Waals surface area contributed by atoms with Crippen LogP contribution in [-0.4, -0.2) is 24.0 Å². The van der Waals surface area contributed by atoms with Gasteiger partial charge in [0.2, 0.25) is 5.47 Å². The predicted octanol–water partition coefficient (Wildman–Crippen LogP) is 1.42. The van der Waals surface area contributed by atoms with Crippen LogP contribution in [0.1, 0.15) is 0 Å². The van der Waals surface area contributed by atoms with Gasteiger partial charge in [0.05, 0.1) is 7.11 Å². The van der Waals surface area contributed by atoms with E-state index in [-0.39, 0.29) is 0 Å². The van der Waals surface area contributed by atoms with E-state index in [0.717, 1.165) is 11.4 Å². The van der Waals surface area contributed by atoms with Crippen LogP contribution in [0.15, 0.2) is 0 Å². The Morgan fingerprint density at radius 3 is 2.44 bits per heavy atom. The highest BCUT2D eigenvalue weighted by molar-refractivity contribution is 8.73. The Balaban J connectivity index is 4.16. The van der Waals surface area contributed by atoms with Crippen molar-refractivity contribution >= 4 is 34.4 Å². The van der Waals surface area contributed by atoms with Crippen molar-refractivity contribution in [3.8, 4) is 0 Å². The van der Waals surface area contributed by atoms with Crippen molar-refractivity contribution in [2.24, 2.45) is 0 Å². The third-order valence-corrected chi connectivity index (χ3v) is 5.51. The van der Waals surface area contributed by atoms with Gasteiger partial charge in [-0.05, 0) is 18.1 Å². The first-order valence-electron chi connectivity index (χ1n) is 2.01. The molecule has 0 saturated heterocycles. The molecule has 0 amide bonds. The van der Waals surface area contributed by atoms with Gasteiger partial charge in [-0.25, -0.2) is 4.79 Å². The molecule has 0 aromatic heterocycles. The maximum atomic E-state index is 10.5. The van der Waals surface area contributed by atoms with Gasteiger partial charge in [0.25, 0.3) is 0 Å². The summed E-state index contributed by atoms with van der Waals surface area (Å²) in [5.41, 5.74) is -3.57. The molecule has 0 radical (unpaired) electrons. The summed E-state index contributed by atoms with van der Waals surface area (Å²) in [6.45, 7) is 0. The zero-order chi connectivity index (χ0) is 7.49. The number of hydrogen-bond acceptors (Lipinski definition) is 4. The van der Waals surface area contributed by atoms with Gasteiger partial charge in [0.15, 0.2) is 0 Å². The molecule has 0 bridgehead atoms. The van der Waals surface area contributed by atoms with Crippen LogP contribution >= 0.6 is 16.8 Å². The number of methoxy groups -OCH3 is 1. The van der Waals surface area contributed by atoms with Crippen molar-refractivity contribution in [2.45, 2.75) is 0 Å². The lowest BCUT2D eigenvalue weighted by Crippen LogP contribution is -1.94. The van der Waals surface area contributed by atoms with Crippen LogP contribution in [0.3, 0.4) is 0 Å². The Labute approximate surface area is 62.6 Å². The zero-order valence-electron chi connectivity index (χ0n) is 5.03. The average molecular weight is 186 g/mol. The molecule has 1 N–H and O–H groups in total. The summed E-state index contributed by atoms with van der Waals surface area (Å²) in [6, 6.07) is 0. The van der Waals surface area contributed by atoms with Crippen LogP contribution in [0.2, 0.25) is 0 Å². The zero-order valence-corrected chi connectivity index (χ0v) is 7.55. The van der Waals surface area contributed by atoms with E-state index in [0.29, 0.717) is 0 Å². The largest absolute Gasteiger partial charge is 0.463 e. The maximum Gasteiger partial charge on any atom is 0.372 e. The van der Waals surface area contributed by atoms with Crippen molar-refractivity contribution < 1.29 is 14.4 Å². The number of carbonyl (C=O) groups excluding carboxylic acids is 1. The van der Waals surface area contributed by atoms with Crippen LogP contribution in [0.25, 0.3) is 0 Å². The van der Waals surface area contributed by atoms with Gasteiger partial charge in [-0.1, -0.05) is 11.4 Å². The number of ether oxygens (including phenoxy) is 1. The highest BCUT2D eigenvalue weighted by Gasteiger charge is 2.22. The smallest absolute Gasteiger partial charge is 0.372 e. The molecule has 0 rings (SSSR count). The molecule has 0 aromatic rings. The van der Waals surface area contributed by atoms with Crippen molar-refractivity contribution in [2.75, 3.05) is 13.4 Å². The van der Waals surface area contributed by atoms with Crippen LogP contribution in [-0.2, 0) is 16.5 Å². The minimum atomic E-state index is -2.88. The van der Waals surface area contributed by atoms with Gasteiger partial charge >= 0.3 is 5.71 Å². The summed E-state index contributed by atoms with van der Waals surface area (Å²) in [7, 11) is 1.20. The molecule has 0 aliphatic heterocycles. The minimum absolute atomic E-state index is 0.690. The van der Waals surface area contributed by atoms with E-state index >= 15 is 0 Å². The summed E-state index contributed by atoms with van der Waals surface area (Å²) in [5.74, 6) is 0. The van der Waals surface area contributed by atoms with Crippen LogP contribution < -0.4 is 0 Å². The molecule has 0 fully saturated rings. The number of carbonyl (C=O) groups is 1. The standard InChI is InChI=1S/C3H7O3PS2/c1-6-3(4)7(5,8)9-2/h1-2H3,(H,5,8). The summed E-state index contributed by atoms with van der Waals surface area (Å²) in [5, 5.41) is 0. The highest BCUT2D eigenvalue weighted by Crippen LogP contribution is 2.54. The van der Waals surface area contributed by atoms with Gasteiger partial charge in [-0.3, -0.25) is 0 Å². The van der Waals surface area contributed by atoms with Gasteiger partial charge in [0.1, 0.15) is 0 Å². The van der Waals surface area contributed by atoms with Gasteiger partial charge < -0.3 is 9.63 Å². The molecule has 0 aromatic carbocycles. The topological polar surface area (TPSA) is 46.5 Å². The third-order valence-electron chi connectivity index (χ3n) is 0.653. The Bertz CT molecular complexity index is 157. The molecule has 0 spiro atoms. The molecule has 6 heteroatoms. The number of rotatable bonds is 2. The Morgan fingerprint density at radius 2 is 2.33 bits per heavy atom. The van der Waals surface area contributed by atoms with Crippen molar-refractivity contribution in [3.05, 3.63) is 0 Å². The molecule has 54 valence electrons. The van der Waals surface area contributed by atoms with Crippen molar-refractivity contribution in [3.63, 3.8) is 0 Å². The molecular formula is C3H7O3PS2. The molecule has 0 aliphatic carbocycles. The Kier molecular flexibility index (Phi) is 3.73. The quantitative estimate of drug-likeness (QED) is 0.661. The van der Waals surface area contributed by atoms with E-state index in [1.54, 1.807) is 6.26 Å². The van der Waals surface area contributed by atoms with Gasteiger partial charge in [0, 0.05) is 0 Å². The van der Waals surface area contributed by atoms with Crippen molar-refractivity contribution in [1.82, 2.24) is 0 Å². The minimum Gasteiger partial charge on any atom is -0.463 e. The fraction of sp³-hybridized carbons (Fsp3) is 0.667. The first-order valence-corrected chi connectivity index (χ1v) is 6.60. The Hall–Kier alpha value is 0.430. The number of hydrogen-bond donors (Lipinski definition) is 1. The molecule has 3 nitrogen and oxygen atoms in total. The molecular weight excluding hydrogens is 179 g/mol. The lowest BCUT2D eigenvalue weighted by atomic mass is 11.5. The van der Waals surface area contributed by atoms with E-state index in [2.05, 4.69) is 16.5 Å². The fourth-order valence-corrected chi connectivity index (χ4v) is 1.46. The van der Waals surface area contributed by atoms with Crippen LogP contribution in [0.5, 0.6) is 0 Å². The van der Waals surface area contributed by atoms with E-state index in [1.165, 1.54) is 7.11 Å². The molecule has 1 atom stereocenters. The molecule has 9 heavy (non-hydrogen) atoms. The normalized spacial score (nSPS) is 16.3. The van der Waals surface area contributed by atoms with Gasteiger partial charge in [-0.15, -0.1) is 0 Å². The second-order valence-corrected chi connectivity index (χ2v) is 7.90. The molecule has 0 saturated carbocycles. The van der Waals surface area contributed by atoms with E-state index < -0.39 is 11.2 Å². The fourth-order valence-electron chi connectivity index (χ4n) is 0.190. The first-order chi connectivity index (χ1) is 4.04. The van der Waals surface area contributed by atoms with Crippen LogP contribution in [0.4, 0.5) is 4.79 Å². The van der Waals surface area contributed by atoms with E-state index in [9.17, 15) is 4.79 Å². The van der Waals surface area contributed by atoms with Crippen molar-refractivity contribution in [1.29, 1.82) is 0 Å². The second kappa shape index (κ2) is 3.56. The lowest BCUT2D eigenvalue weighted by molar-refractivity contribution is 0.197. The Morgan fingerprint density at radius 1 is 1.89 bits per heavy atom. The van der Waals surface area contributed by atoms with Crippen LogP contribution in [0, 0.1) is 0 Å². The average Bonchev–Trinajstić information content (AvgIpc) is 1.86. The molecule has 1 unspecified atom stereocenters. The summed E-state index contributed by atoms with van der Waals surface area (Å²) >= 11 is 5.49. The molecule has 0 aliphatic rings. The summed E-state index contributed by atoms with van der Waals surface area (Å²) in [4.78, 5) is 19.5. The third kappa shape index (κ3) is 2.67. The second-order valence-electron chi connectivity index (χ2n) is 1.17. The lowest BCUT2D eigenvalue weighted by Gasteiger charge is -2.06. The maximum absolute atomic E-state index is 10.5. The van der Waals surface area contributed by atoms with E-state index in [1.807, 2.05) is 0 Å². The molecule has 0 heterocycles. The summed E-state index contributed by atoms with van der Waals surface area (Å²) in [6.07, 6.45) is 1.58. The van der Waals surface area contributed by atoms with E-state index in [4.69, 9.17) is 4.89 Å². The van der Waals surface area contributed by atoms with Gasteiger partial charge in [-0.2, -0.15) is 0 Å². The first kappa shape index (κ1) is 9.43. The highest BCUT2D eigenvalue weighted by atomic mass is 32.9. The monoisotopic (exact) mass is 186 g/mol.